The number of hydrogen-bond donors (Lipinski definition) is 2. The van der Waals surface area contributed by atoms with E-state index in [4.69, 9.17) is 5.73 Å². The third-order valence-electron chi connectivity index (χ3n) is 2.46. The fraction of sp³-hybridized carbons (Fsp3) is 0.364. The van der Waals surface area contributed by atoms with Crippen LogP contribution in [0.1, 0.15) is 13.3 Å². The molecule has 0 fully saturated rings. The van der Waals surface area contributed by atoms with Gasteiger partial charge in [-0.25, -0.2) is 8.57 Å². The zero-order valence-electron chi connectivity index (χ0n) is 11.1. The van der Waals surface area contributed by atoms with Gasteiger partial charge < -0.3 is 11.1 Å². The molecule has 0 saturated carbocycles. The number of halogens is 4. The molecule has 6 nitrogen and oxygen atoms in total. The van der Waals surface area contributed by atoms with Gasteiger partial charge in [0.25, 0.3) is 5.91 Å². The first kappa shape index (κ1) is 18.2. The first-order valence-electron chi connectivity index (χ1n) is 5.83. The van der Waals surface area contributed by atoms with E-state index in [0.717, 1.165) is 12.1 Å². The molecule has 124 valence electrons. The molecule has 0 spiro atoms. The minimum Gasteiger partial charge on any atom is -0.396 e. The van der Waals surface area contributed by atoms with Crippen molar-refractivity contribution >= 4 is 27.4 Å². The smallest absolute Gasteiger partial charge is 0.396 e. The van der Waals surface area contributed by atoms with Crippen molar-refractivity contribution in [1.82, 2.24) is 0 Å². The van der Waals surface area contributed by atoms with Crippen LogP contribution in [0.2, 0.25) is 0 Å². The summed E-state index contributed by atoms with van der Waals surface area (Å²) >= 11 is 0. The van der Waals surface area contributed by atoms with Crippen LogP contribution in [0.15, 0.2) is 18.2 Å². The van der Waals surface area contributed by atoms with E-state index < -0.39 is 33.5 Å². The Labute approximate surface area is 123 Å². The Morgan fingerprint density at radius 2 is 2.00 bits per heavy atom. The van der Waals surface area contributed by atoms with Crippen molar-refractivity contribution in [2.75, 3.05) is 11.1 Å². The third-order valence-corrected chi connectivity index (χ3v) is 3.51. The quantitative estimate of drug-likeness (QED) is 0.368. The van der Waals surface area contributed by atoms with Crippen molar-refractivity contribution in [2.45, 2.75) is 25.0 Å². The number of nitrogens with two attached hydrogens (primary N) is 1. The van der Waals surface area contributed by atoms with Crippen molar-refractivity contribution < 1.29 is 35.0 Å². The summed E-state index contributed by atoms with van der Waals surface area (Å²) < 4.78 is 75.4. The molecule has 1 aromatic rings. The summed E-state index contributed by atoms with van der Waals surface area (Å²) in [5.74, 6) is -2.02. The van der Waals surface area contributed by atoms with Crippen LogP contribution in [0.25, 0.3) is 0 Å². The fourth-order valence-electron chi connectivity index (χ4n) is 1.33. The minimum absolute atomic E-state index is 0.108. The number of carbonyl (C=O) groups is 1. The van der Waals surface area contributed by atoms with Crippen LogP contribution in [-0.4, -0.2) is 25.9 Å². The number of carbonyl (C=O) groups excluding carboxylic acids is 1. The number of hydrogen-bond acceptors (Lipinski definition) is 5. The van der Waals surface area contributed by atoms with Gasteiger partial charge in [0.05, 0.1) is 5.69 Å². The van der Waals surface area contributed by atoms with Crippen molar-refractivity contribution in [2.24, 2.45) is 0 Å². The maximum absolute atomic E-state index is 13.2. The van der Waals surface area contributed by atoms with Gasteiger partial charge in [-0.3, -0.25) is 4.79 Å². The zero-order chi connectivity index (χ0) is 17.1. The summed E-state index contributed by atoms with van der Waals surface area (Å²) in [7, 11) is -5.92. The van der Waals surface area contributed by atoms with Gasteiger partial charge in [0, 0.05) is 5.69 Å². The van der Waals surface area contributed by atoms with Gasteiger partial charge in [0.2, 0.25) is 0 Å². The van der Waals surface area contributed by atoms with Crippen LogP contribution in [0.3, 0.4) is 0 Å². The first-order chi connectivity index (χ1) is 9.98. The molecule has 0 aliphatic heterocycles. The lowest BCUT2D eigenvalue weighted by atomic mass is 10.2. The third kappa shape index (κ3) is 4.31. The molecule has 1 rings (SSSR count). The monoisotopic (exact) mass is 344 g/mol. The number of rotatable bonds is 5. The van der Waals surface area contributed by atoms with E-state index in [9.17, 15) is 30.8 Å². The maximum atomic E-state index is 13.2. The molecular weight excluding hydrogens is 332 g/mol. The molecule has 0 aliphatic carbocycles. The topological polar surface area (TPSA) is 98.5 Å². The normalized spacial score (nSPS) is 13.7. The molecule has 0 aliphatic rings. The lowest BCUT2D eigenvalue weighted by molar-refractivity contribution is -0.123. The largest absolute Gasteiger partial charge is 0.523 e. The van der Waals surface area contributed by atoms with Gasteiger partial charge in [-0.05, 0) is 24.6 Å². The lowest BCUT2D eigenvalue weighted by Crippen LogP contribution is -2.36. The predicted molar refractivity (Wildman–Crippen MR) is 69.6 cm³/mol. The molecule has 1 atom stereocenters. The highest BCUT2D eigenvalue weighted by Crippen LogP contribution is 2.26. The van der Waals surface area contributed by atoms with Gasteiger partial charge in [-0.15, -0.1) is 0 Å². The summed E-state index contributed by atoms with van der Waals surface area (Å²) in [6, 6.07) is 3.15. The Kier molecular flexibility index (Phi) is 5.35. The van der Waals surface area contributed by atoms with Crippen LogP contribution in [0.4, 0.5) is 28.9 Å². The SMILES string of the molecule is CC[C@@H](OS(=O)(=O)C(F)(F)F)C(=O)Nc1ccc(N)c(F)c1. The highest BCUT2D eigenvalue weighted by molar-refractivity contribution is 7.87. The number of nitrogen functional groups attached to an aromatic ring is 1. The van der Waals surface area contributed by atoms with E-state index in [-0.39, 0.29) is 17.8 Å². The number of nitrogens with one attached hydrogen (secondary N) is 1. The maximum Gasteiger partial charge on any atom is 0.523 e. The highest BCUT2D eigenvalue weighted by atomic mass is 32.2. The molecule has 0 unspecified atom stereocenters. The second-order valence-corrected chi connectivity index (χ2v) is 5.68. The van der Waals surface area contributed by atoms with Crippen molar-refractivity contribution in [1.29, 1.82) is 0 Å². The molecule has 1 amide bonds. The van der Waals surface area contributed by atoms with Crippen molar-refractivity contribution in [3.8, 4) is 0 Å². The average Bonchev–Trinajstić information content (AvgIpc) is 2.38. The second-order valence-electron chi connectivity index (χ2n) is 4.12. The molecule has 3 N–H and O–H groups in total. The minimum atomic E-state index is -5.92. The van der Waals surface area contributed by atoms with E-state index >= 15 is 0 Å². The van der Waals surface area contributed by atoms with Crippen LogP contribution < -0.4 is 11.1 Å². The van der Waals surface area contributed by atoms with Gasteiger partial charge in [-0.2, -0.15) is 21.6 Å². The van der Waals surface area contributed by atoms with E-state index in [1.54, 1.807) is 0 Å². The Morgan fingerprint density at radius 3 is 2.45 bits per heavy atom. The molecule has 22 heavy (non-hydrogen) atoms. The van der Waals surface area contributed by atoms with E-state index in [2.05, 4.69) is 4.18 Å². The lowest BCUT2D eigenvalue weighted by Gasteiger charge is -2.16. The molecule has 0 radical (unpaired) electrons. The number of amides is 1. The first-order valence-corrected chi connectivity index (χ1v) is 7.24. The second kappa shape index (κ2) is 6.48. The summed E-state index contributed by atoms with van der Waals surface area (Å²) in [5, 5.41) is 2.04. The standard InChI is InChI=1S/C11H12F4N2O4S/c1-2-9(21-22(19,20)11(13,14)15)10(18)17-6-3-4-8(16)7(12)5-6/h3-5,9H,2,16H2,1H3,(H,17,18)/t9-/m1/s1. The zero-order valence-corrected chi connectivity index (χ0v) is 12.0. The summed E-state index contributed by atoms with van der Waals surface area (Å²) in [5.41, 5.74) is -0.727. The van der Waals surface area contributed by atoms with Crippen LogP contribution in [0.5, 0.6) is 0 Å². The Balaban J connectivity index is 2.87. The number of benzene rings is 1. The molecule has 0 saturated heterocycles. The van der Waals surface area contributed by atoms with E-state index in [1.807, 2.05) is 5.32 Å². The molecule has 0 aromatic heterocycles. The Morgan fingerprint density at radius 1 is 1.41 bits per heavy atom. The number of alkyl halides is 3. The summed E-state index contributed by atoms with van der Waals surface area (Å²) in [6.45, 7) is 1.25. The molecule has 11 heteroatoms. The van der Waals surface area contributed by atoms with Gasteiger partial charge in [0.1, 0.15) is 5.82 Å². The Bertz CT molecular complexity index is 661. The van der Waals surface area contributed by atoms with E-state index in [1.165, 1.54) is 13.0 Å². The number of anilines is 2. The summed E-state index contributed by atoms with van der Waals surface area (Å²) in [4.78, 5) is 11.7. The van der Waals surface area contributed by atoms with Gasteiger partial charge in [-0.1, -0.05) is 6.92 Å². The van der Waals surface area contributed by atoms with Crippen molar-refractivity contribution in [3.05, 3.63) is 24.0 Å². The van der Waals surface area contributed by atoms with Crippen LogP contribution in [-0.2, 0) is 19.1 Å². The van der Waals surface area contributed by atoms with Crippen molar-refractivity contribution in [3.63, 3.8) is 0 Å². The van der Waals surface area contributed by atoms with Gasteiger partial charge in [0.15, 0.2) is 6.10 Å². The Hall–Kier alpha value is -1.88. The van der Waals surface area contributed by atoms with Crippen LogP contribution in [0, 0.1) is 5.82 Å². The van der Waals surface area contributed by atoms with E-state index in [0.29, 0.717) is 0 Å². The summed E-state index contributed by atoms with van der Waals surface area (Å²) in [6.07, 6.45) is -2.26. The molecular formula is C11H12F4N2O4S. The predicted octanol–water partition coefficient (Wildman–Crippen LogP) is 1.99. The molecule has 0 heterocycles. The molecule has 1 aromatic carbocycles. The van der Waals surface area contributed by atoms with Crippen LogP contribution >= 0.6 is 0 Å². The molecule has 0 bridgehead atoms. The fourth-order valence-corrected chi connectivity index (χ4v) is 1.97. The van der Waals surface area contributed by atoms with Gasteiger partial charge >= 0.3 is 15.6 Å². The average molecular weight is 344 g/mol. The highest BCUT2D eigenvalue weighted by Gasteiger charge is 2.49.